The van der Waals surface area contributed by atoms with Crippen molar-refractivity contribution in [1.82, 2.24) is 10.3 Å². The number of morpholine rings is 1. The van der Waals surface area contributed by atoms with E-state index in [1.54, 1.807) is 0 Å². The molecule has 0 bridgehead atoms. The second-order valence-electron chi connectivity index (χ2n) is 5.54. The first-order chi connectivity index (χ1) is 11.3. The number of ether oxygens (including phenoxy) is 1. The number of pyridine rings is 1. The van der Waals surface area contributed by atoms with Crippen LogP contribution in [0.5, 0.6) is 0 Å². The molecule has 1 N–H and O–H groups in total. The van der Waals surface area contributed by atoms with Gasteiger partial charge in [-0.25, -0.2) is 4.98 Å². The maximum Gasteiger partial charge on any atom is 0.128 e. The van der Waals surface area contributed by atoms with Crippen LogP contribution >= 0.6 is 0 Å². The van der Waals surface area contributed by atoms with Crippen LogP contribution in [-0.4, -0.2) is 31.3 Å². The van der Waals surface area contributed by atoms with Crippen LogP contribution in [0.15, 0.2) is 42.6 Å². The number of benzene rings is 1. The Morgan fingerprint density at radius 1 is 1.13 bits per heavy atom. The van der Waals surface area contributed by atoms with E-state index in [4.69, 9.17) is 10.00 Å². The van der Waals surface area contributed by atoms with E-state index in [0.29, 0.717) is 5.56 Å². The van der Waals surface area contributed by atoms with Crippen molar-refractivity contribution in [3.05, 3.63) is 59.3 Å². The predicted molar refractivity (Wildman–Crippen MR) is 89.0 cm³/mol. The number of nitrogens with zero attached hydrogens (tertiary/aromatic N) is 3. The maximum atomic E-state index is 8.91. The van der Waals surface area contributed by atoms with Gasteiger partial charge in [0.1, 0.15) is 5.82 Å². The molecule has 118 valence electrons. The summed E-state index contributed by atoms with van der Waals surface area (Å²) in [6, 6.07) is 14.0. The van der Waals surface area contributed by atoms with Gasteiger partial charge in [0.05, 0.1) is 24.8 Å². The molecule has 0 radical (unpaired) electrons. The van der Waals surface area contributed by atoms with Gasteiger partial charge in [-0.2, -0.15) is 5.26 Å². The van der Waals surface area contributed by atoms with Crippen LogP contribution in [0, 0.1) is 11.3 Å². The highest BCUT2D eigenvalue weighted by Gasteiger charge is 2.11. The number of nitrogens with one attached hydrogen (secondary N) is 1. The Hall–Kier alpha value is -2.42. The minimum absolute atomic E-state index is 0.695. The minimum Gasteiger partial charge on any atom is -0.378 e. The van der Waals surface area contributed by atoms with E-state index in [9.17, 15) is 0 Å². The van der Waals surface area contributed by atoms with Gasteiger partial charge in [-0.15, -0.1) is 0 Å². The Balaban J connectivity index is 1.51. The van der Waals surface area contributed by atoms with Crippen LogP contribution in [0.3, 0.4) is 0 Å². The smallest absolute Gasteiger partial charge is 0.128 e. The molecule has 3 rings (SSSR count). The van der Waals surface area contributed by atoms with E-state index in [2.05, 4.69) is 33.4 Å². The summed E-state index contributed by atoms with van der Waals surface area (Å²) >= 11 is 0. The molecule has 0 spiro atoms. The van der Waals surface area contributed by atoms with Crippen molar-refractivity contribution in [2.45, 2.75) is 13.1 Å². The third kappa shape index (κ3) is 4.28. The van der Waals surface area contributed by atoms with Crippen molar-refractivity contribution >= 4 is 5.82 Å². The third-order valence-electron chi connectivity index (χ3n) is 3.86. The Labute approximate surface area is 136 Å². The zero-order chi connectivity index (χ0) is 15.9. The van der Waals surface area contributed by atoms with Gasteiger partial charge >= 0.3 is 0 Å². The fraction of sp³-hybridized carbons (Fsp3) is 0.333. The van der Waals surface area contributed by atoms with Crippen molar-refractivity contribution in [3.8, 4) is 6.07 Å². The highest BCUT2D eigenvalue weighted by molar-refractivity contribution is 5.39. The average molecular weight is 308 g/mol. The zero-order valence-corrected chi connectivity index (χ0v) is 13.0. The molecule has 0 atom stereocenters. The predicted octanol–water partition coefficient (Wildman–Crippen LogP) is 2.08. The minimum atomic E-state index is 0.695. The first kappa shape index (κ1) is 15.5. The summed E-state index contributed by atoms with van der Waals surface area (Å²) in [5.74, 6) is 1.01. The van der Waals surface area contributed by atoms with Gasteiger partial charge in [-0.05, 0) is 29.3 Å². The summed E-state index contributed by atoms with van der Waals surface area (Å²) in [5.41, 5.74) is 2.96. The zero-order valence-electron chi connectivity index (χ0n) is 13.0. The lowest BCUT2D eigenvalue weighted by atomic mass is 10.1. The largest absolute Gasteiger partial charge is 0.378 e. The summed E-state index contributed by atoms with van der Waals surface area (Å²) in [7, 11) is 0. The Bertz CT molecular complexity index is 672. The Morgan fingerprint density at radius 3 is 2.70 bits per heavy atom. The molecule has 0 amide bonds. The fourth-order valence-corrected chi connectivity index (χ4v) is 2.60. The molecule has 1 fully saturated rings. The maximum absolute atomic E-state index is 8.91. The Morgan fingerprint density at radius 2 is 1.96 bits per heavy atom. The molecule has 1 aliphatic heterocycles. The van der Waals surface area contributed by atoms with E-state index in [0.717, 1.165) is 56.3 Å². The average Bonchev–Trinajstić information content (AvgIpc) is 2.63. The number of aromatic nitrogens is 1. The number of anilines is 1. The third-order valence-corrected chi connectivity index (χ3v) is 3.86. The standard InChI is InChI=1S/C18H20N4O/c19-11-15-2-1-3-16(10-15)12-20-13-17-4-5-18(21-14-17)22-6-8-23-9-7-22/h1-5,10,14,20H,6-9,12-13H2. The molecule has 1 aromatic heterocycles. The van der Waals surface area contributed by atoms with Crippen LogP contribution in [0.25, 0.3) is 0 Å². The molecule has 23 heavy (non-hydrogen) atoms. The monoisotopic (exact) mass is 308 g/mol. The van der Waals surface area contributed by atoms with E-state index >= 15 is 0 Å². The highest BCUT2D eigenvalue weighted by Crippen LogP contribution is 2.13. The summed E-state index contributed by atoms with van der Waals surface area (Å²) in [5, 5.41) is 12.3. The summed E-state index contributed by atoms with van der Waals surface area (Å²) in [6.45, 7) is 4.84. The van der Waals surface area contributed by atoms with Crippen molar-refractivity contribution in [3.63, 3.8) is 0 Å². The normalized spacial score (nSPS) is 14.5. The molecule has 1 saturated heterocycles. The van der Waals surface area contributed by atoms with Gasteiger partial charge in [0.25, 0.3) is 0 Å². The lowest BCUT2D eigenvalue weighted by Gasteiger charge is -2.27. The van der Waals surface area contributed by atoms with Crippen LogP contribution in [0.2, 0.25) is 0 Å². The first-order valence-electron chi connectivity index (χ1n) is 7.82. The molecule has 2 heterocycles. The second kappa shape index (κ2) is 7.73. The molecule has 5 nitrogen and oxygen atoms in total. The second-order valence-corrected chi connectivity index (χ2v) is 5.54. The van der Waals surface area contributed by atoms with Gasteiger partial charge in [-0.3, -0.25) is 0 Å². The van der Waals surface area contributed by atoms with E-state index < -0.39 is 0 Å². The molecule has 0 aliphatic carbocycles. The van der Waals surface area contributed by atoms with Crippen molar-refractivity contribution in [2.75, 3.05) is 31.2 Å². The van der Waals surface area contributed by atoms with E-state index in [-0.39, 0.29) is 0 Å². The molecule has 1 aliphatic rings. The molecule has 1 aromatic carbocycles. The highest BCUT2D eigenvalue weighted by atomic mass is 16.5. The van der Waals surface area contributed by atoms with E-state index in [1.165, 1.54) is 0 Å². The van der Waals surface area contributed by atoms with Gasteiger partial charge in [0.2, 0.25) is 0 Å². The molecular weight excluding hydrogens is 288 g/mol. The summed E-state index contributed by atoms with van der Waals surface area (Å²) < 4.78 is 5.36. The lowest BCUT2D eigenvalue weighted by Crippen LogP contribution is -2.36. The molecule has 0 unspecified atom stereocenters. The van der Waals surface area contributed by atoms with Gasteiger partial charge < -0.3 is 15.0 Å². The van der Waals surface area contributed by atoms with Gasteiger partial charge in [0, 0.05) is 32.4 Å². The SMILES string of the molecule is N#Cc1cccc(CNCc2ccc(N3CCOCC3)nc2)c1. The first-order valence-corrected chi connectivity index (χ1v) is 7.82. The lowest BCUT2D eigenvalue weighted by molar-refractivity contribution is 0.122. The topological polar surface area (TPSA) is 61.2 Å². The van der Waals surface area contributed by atoms with Crippen LogP contribution in [0.1, 0.15) is 16.7 Å². The number of hydrogen-bond donors (Lipinski definition) is 1. The fourth-order valence-electron chi connectivity index (χ4n) is 2.60. The number of nitriles is 1. The molecule has 0 saturated carbocycles. The molecule has 5 heteroatoms. The number of rotatable bonds is 5. The van der Waals surface area contributed by atoms with Crippen molar-refractivity contribution in [1.29, 1.82) is 5.26 Å². The number of hydrogen-bond acceptors (Lipinski definition) is 5. The molecule has 2 aromatic rings. The quantitative estimate of drug-likeness (QED) is 0.916. The van der Waals surface area contributed by atoms with Crippen LogP contribution in [0.4, 0.5) is 5.82 Å². The van der Waals surface area contributed by atoms with Gasteiger partial charge in [-0.1, -0.05) is 18.2 Å². The van der Waals surface area contributed by atoms with Crippen molar-refractivity contribution < 1.29 is 4.74 Å². The molecular formula is C18H20N4O. The van der Waals surface area contributed by atoms with Crippen molar-refractivity contribution in [2.24, 2.45) is 0 Å². The summed E-state index contributed by atoms with van der Waals surface area (Å²) in [6.07, 6.45) is 1.92. The van der Waals surface area contributed by atoms with Crippen LogP contribution in [-0.2, 0) is 17.8 Å². The van der Waals surface area contributed by atoms with E-state index in [1.807, 2.05) is 30.5 Å². The van der Waals surface area contributed by atoms with Gasteiger partial charge in [0.15, 0.2) is 0 Å². The summed E-state index contributed by atoms with van der Waals surface area (Å²) in [4.78, 5) is 6.79. The Kier molecular flexibility index (Phi) is 5.20. The van der Waals surface area contributed by atoms with Crippen LogP contribution < -0.4 is 10.2 Å².